The van der Waals surface area contributed by atoms with Crippen molar-refractivity contribution < 1.29 is 38.4 Å². The molecule has 0 saturated carbocycles. The highest BCUT2D eigenvalue weighted by Gasteiger charge is 2.49. The Balaban J connectivity index is 1.48. The maximum Gasteiger partial charge on any atom is 0.350 e. The number of benzene rings is 3. The van der Waals surface area contributed by atoms with Gasteiger partial charge in [0.1, 0.15) is 29.1 Å². The summed E-state index contributed by atoms with van der Waals surface area (Å²) in [6.07, 6.45) is 0.625. The number of ether oxygens (including phenoxy) is 4. The lowest BCUT2D eigenvalue weighted by atomic mass is 9.94. The van der Waals surface area contributed by atoms with Crippen LogP contribution in [0.5, 0.6) is 17.2 Å². The van der Waals surface area contributed by atoms with Crippen LogP contribution in [0, 0.1) is 6.92 Å². The van der Waals surface area contributed by atoms with Gasteiger partial charge in [-0.15, -0.1) is 0 Å². The van der Waals surface area contributed by atoms with Gasteiger partial charge in [0.2, 0.25) is 0 Å². The zero-order chi connectivity index (χ0) is 32.5. The first-order valence-corrected chi connectivity index (χ1v) is 15.6. The molecule has 1 N–H and O–H groups in total. The summed E-state index contributed by atoms with van der Waals surface area (Å²) in [6.45, 7) is 6.04. The first-order valence-electron chi connectivity index (χ1n) is 14.8. The SMILES string of the molecule is CCOc1cc(C2/C(=C(/O)c3ccc4c(c3)CC(C)O4)C(=O)C(=O)N2c2nc(C)c(C(=O)OC)s2)ccc1OCc1ccccc1. The van der Waals surface area contributed by atoms with Gasteiger partial charge >= 0.3 is 11.9 Å². The number of rotatable bonds is 9. The van der Waals surface area contributed by atoms with E-state index in [1.165, 1.54) is 12.0 Å². The van der Waals surface area contributed by atoms with Crippen LogP contribution in [0.3, 0.4) is 0 Å². The minimum atomic E-state index is -1.10. The number of thiazole rings is 1. The molecule has 11 heteroatoms. The number of ketones is 1. The number of methoxy groups -OCH3 is 1. The molecule has 0 bridgehead atoms. The predicted octanol–water partition coefficient (Wildman–Crippen LogP) is 6.17. The van der Waals surface area contributed by atoms with E-state index >= 15 is 0 Å². The van der Waals surface area contributed by atoms with Crippen LogP contribution in [0.4, 0.5) is 5.13 Å². The maximum absolute atomic E-state index is 13.8. The molecule has 4 aromatic rings. The van der Waals surface area contributed by atoms with Gasteiger partial charge in [-0.3, -0.25) is 14.5 Å². The first-order chi connectivity index (χ1) is 22.2. The number of carbonyl (C=O) groups excluding carboxylic acids is 3. The number of aliphatic hydroxyl groups is 1. The Kier molecular flexibility index (Phi) is 8.50. The van der Waals surface area contributed by atoms with Crippen molar-refractivity contribution in [1.29, 1.82) is 0 Å². The van der Waals surface area contributed by atoms with E-state index < -0.39 is 23.7 Å². The van der Waals surface area contributed by atoms with Crippen molar-refractivity contribution >= 4 is 39.9 Å². The molecule has 2 atom stereocenters. The van der Waals surface area contributed by atoms with Crippen LogP contribution in [-0.2, 0) is 27.4 Å². The molecule has 3 heterocycles. The fourth-order valence-electron chi connectivity index (χ4n) is 5.65. The molecule has 0 radical (unpaired) electrons. The molecule has 6 rings (SSSR count). The number of aliphatic hydroxyl groups excluding tert-OH is 1. The van der Waals surface area contributed by atoms with Gasteiger partial charge in [0.05, 0.1) is 31.0 Å². The van der Waals surface area contributed by atoms with Crippen molar-refractivity contribution in [3.05, 3.63) is 105 Å². The van der Waals surface area contributed by atoms with Crippen molar-refractivity contribution in [1.82, 2.24) is 4.98 Å². The van der Waals surface area contributed by atoms with E-state index in [2.05, 4.69) is 4.98 Å². The highest BCUT2D eigenvalue weighted by atomic mass is 32.1. The molecule has 3 aromatic carbocycles. The lowest BCUT2D eigenvalue weighted by molar-refractivity contribution is -0.132. The van der Waals surface area contributed by atoms with E-state index in [9.17, 15) is 19.5 Å². The minimum Gasteiger partial charge on any atom is -0.507 e. The molecule has 2 aliphatic rings. The fraction of sp³-hybridized carbons (Fsp3) is 0.257. The normalized spacial score (nSPS) is 18.3. The molecule has 2 aliphatic heterocycles. The van der Waals surface area contributed by atoms with Crippen LogP contribution in [0.25, 0.3) is 5.76 Å². The van der Waals surface area contributed by atoms with Crippen LogP contribution < -0.4 is 19.1 Å². The van der Waals surface area contributed by atoms with E-state index in [1.54, 1.807) is 43.3 Å². The van der Waals surface area contributed by atoms with E-state index in [0.29, 0.717) is 53.7 Å². The summed E-state index contributed by atoms with van der Waals surface area (Å²) in [6, 6.07) is 18.9. The molecule has 236 valence electrons. The second-order valence-corrected chi connectivity index (χ2v) is 11.9. The zero-order valence-electron chi connectivity index (χ0n) is 25.7. The summed E-state index contributed by atoms with van der Waals surface area (Å²) in [5, 5.41) is 11.8. The second kappa shape index (κ2) is 12.7. The lowest BCUT2D eigenvalue weighted by Crippen LogP contribution is -2.29. The Morgan fingerprint density at radius 2 is 1.85 bits per heavy atom. The molecule has 1 amide bonds. The number of Topliss-reactive ketones (excluding diaryl/α,β-unsaturated/α-hetero) is 1. The van der Waals surface area contributed by atoms with Gasteiger partial charge < -0.3 is 24.1 Å². The maximum atomic E-state index is 13.8. The molecule has 1 aromatic heterocycles. The Morgan fingerprint density at radius 1 is 1.07 bits per heavy atom. The number of anilines is 1. The highest BCUT2D eigenvalue weighted by molar-refractivity contribution is 7.17. The molecular weight excluding hydrogens is 608 g/mol. The van der Waals surface area contributed by atoms with Crippen LogP contribution in [0.2, 0.25) is 0 Å². The molecule has 0 aliphatic carbocycles. The van der Waals surface area contributed by atoms with Gasteiger partial charge in [-0.2, -0.15) is 0 Å². The molecule has 1 fully saturated rings. The number of carbonyl (C=O) groups is 3. The molecular formula is C35H32N2O8S. The molecule has 0 spiro atoms. The Labute approximate surface area is 269 Å². The van der Waals surface area contributed by atoms with Gasteiger partial charge in [0.25, 0.3) is 5.78 Å². The average molecular weight is 641 g/mol. The Morgan fingerprint density at radius 3 is 2.59 bits per heavy atom. The molecule has 10 nitrogen and oxygen atoms in total. The van der Waals surface area contributed by atoms with E-state index in [-0.39, 0.29) is 27.4 Å². The second-order valence-electron chi connectivity index (χ2n) is 10.9. The molecule has 2 unspecified atom stereocenters. The van der Waals surface area contributed by atoms with Gasteiger partial charge in [-0.25, -0.2) is 9.78 Å². The topological polar surface area (TPSA) is 124 Å². The largest absolute Gasteiger partial charge is 0.507 e. The average Bonchev–Trinajstić information content (AvgIpc) is 3.71. The monoisotopic (exact) mass is 640 g/mol. The quantitative estimate of drug-likeness (QED) is 0.0991. The van der Waals surface area contributed by atoms with Crippen LogP contribution >= 0.6 is 11.3 Å². The summed E-state index contributed by atoms with van der Waals surface area (Å²) in [5.74, 6) is -1.14. The van der Waals surface area contributed by atoms with E-state index in [0.717, 1.165) is 22.5 Å². The minimum absolute atomic E-state index is 0.0188. The van der Waals surface area contributed by atoms with Crippen LogP contribution in [-0.4, -0.2) is 47.6 Å². The van der Waals surface area contributed by atoms with E-state index in [4.69, 9.17) is 18.9 Å². The summed E-state index contributed by atoms with van der Waals surface area (Å²) in [7, 11) is 1.26. The number of esters is 1. The van der Waals surface area contributed by atoms with Gasteiger partial charge in [0, 0.05) is 12.0 Å². The zero-order valence-corrected chi connectivity index (χ0v) is 26.6. The Hall–Kier alpha value is -5.16. The van der Waals surface area contributed by atoms with Crippen molar-refractivity contribution in [2.24, 2.45) is 0 Å². The van der Waals surface area contributed by atoms with Crippen LogP contribution in [0.1, 0.15) is 57.5 Å². The van der Waals surface area contributed by atoms with Gasteiger partial charge in [-0.05, 0) is 67.8 Å². The van der Waals surface area contributed by atoms with Gasteiger partial charge in [-0.1, -0.05) is 47.7 Å². The number of hydrogen-bond donors (Lipinski definition) is 1. The fourth-order valence-corrected chi connectivity index (χ4v) is 6.67. The number of fused-ring (bicyclic) bond motifs is 1. The Bertz CT molecular complexity index is 1870. The van der Waals surface area contributed by atoms with Crippen molar-refractivity contribution in [3.8, 4) is 17.2 Å². The van der Waals surface area contributed by atoms with Gasteiger partial charge in [0.15, 0.2) is 16.6 Å². The lowest BCUT2D eigenvalue weighted by Gasteiger charge is -2.24. The highest BCUT2D eigenvalue weighted by Crippen LogP contribution is 2.46. The molecule has 46 heavy (non-hydrogen) atoms. The number of amides is 1. The number of nitrogens with zero attached hydrogens (tertiary/aromatic N) is 2. The molecule has 1 saturated heterocycles. The number of aryl methyl sites for hydroxylation is 1. The van der Waals surface area contributed by atoms with Crippen molar-refractivity contribution in [3.63, 3.8) is 0 Å². The summed E-state index contributed by atoms with van der Waals surface area (Å²) in [5.41, 5.74) is 2.93. The summed E-state index contributed by atoms with van der Waals surface area (Å²) in [4.78, 5) is 45.9. The number of hydrogen-bond acceptors (Lipinski definition) is 10. The first kappa shape index (κ1) is 30.8. The smallest absolute Gasteiger partial charge is 0.350 e. The summed E-state index contributed by atoms with van der Waals surface area (Å²) < 4.78 is 22.7. The third-order valence-corrected chi connectivity index (χ3v) is 8.93. The predicted molar refractivity (Wildman–Crippen MR) is 172 cm³/mol. The number of aromatic nitrogens is 1. The van der Waals surface area contributed by atoms with Crippen molar-refractivity contribution in [2.45, 2.75) is 45.9 Å². The third kappa shape index (κ3) is 5.69. The van der Waals surface area contributed by atoms with E-state index in [1.807, 2.05) is 44.2 Å². The standard InChI is InChI=1S/C35H32N2O8S/c1-5-43-27-17-22(11-14-26(27)44-18-21-9-7-6-8-10-21)29-28(30(38)23-12-13-25-24(16-23)15-19(2)45-25)31(39)33(40)37(29)35-36-20(3)32(46-35)34(41)42-4/h6-14,16-17,19,29,38H,5,15,18H2,1-4H3/b30-28-. The summed E-state index contributed by atoms with van der Waals surface area (Å²) >= 11 is 0.934. The van der Waals surface area contributed by atoms with Crippen molar-refractivity contribution in [2.75, 3.05) is 18.6 Å². The third-order valence-electron chi connectivity index (χ3n) is 7.80. The van der Waals surface area contributed by atoms with Crippen LogP contribution in [0.15, 0.2) is 72.3 Å².